The van der Waals surface area contributed by atoms with Crippen LogP contribution in [0.3, 0.4) is 0 Å². The largest absolute Gasteiger partial charge is 0.216 e. The van der Waals surface area contributed by atoms with Crippen molar-refractivity contribution < 1.29 is 4.57 Å². The van der Waals surface area contributed by atoms with Gasteiger partial charge in [0.15, 0.2) is 5.69 Å². The van der Waals surface area contributed by atoms with Gasteiger partial charge >= 0.3 is 0 Å². The fourth-order valence-electron chi connectivity index (χ4n) is 4.61. The van der Waals surface area contributed by atoms with Crippen molar-refractivity contribution in [1.29, 1.82) is 0 Å². The Morgan fingerprint density at radius 2 is 1.42 bits per heavy atom. The second-order valence-electron chi connectivity index (χ2n) is 7.46. The van der Waals surface area contributed by atoms with Gasteiger partial charge < -0.3 is 0 Å². The SMILES string of the molecule is CC1=C(C)c2c(ccc3ccc4c(c23)-c2c(ccc(C)[n+]2C)C4)C1. The number of aryl methyl sites for hydroxylation is 1. The van der Waals surface area contributed by atoms with Crippen LogP contribution in [0.5, 0.6) is 0 Å². The first kappa shape index (κ1) is 14.0. The minimum atomic E-state index is 1.06. The Morgan fingerprint density at radius 3 is 2.17 bits per heavy atom. The molecule has 1 heteroatoms. The number of fused-ring (bicyclic) bond motifs is 7. The molecule has 1 aromatic heterocycles. The van der Waals surface area contributed by atoms with Crippen LogP contribution >= 0.6 is 0 Å². The standard InChI is InChI=1S/C23H22N/c1-13-11-17-9-7-16-8-10-18-12-19-6-5-14(2)24(4)23(19)22(18)21(16)20(17)15(13)3/h5-10H,11-12H2,1-4H3/q+1. The molecule has 0 saturated carbocycles. The number of hydrogen-bond donors (Lipinski definition) is 0. The number of nitrogens with zero attached hydrogens (tertiary/aromatic N) is 1. The normalized spacial score (nSPS) is 15.0. The highest BCUT2D eigenvalue weighted by Crippen LogP contribution is 2.45. The molecular formula is C23H22N+. The molecule has 0 saturated heterocycles. The number of hydrogen-bond acceptors (Lipinski definition) is 0. The Labute approximate surface area is 143 Å². The molecule has 0 atom stereocenters. The first-order chi connectivity index (χ1) is 11.6. The topological polar surface area (TPSA) is 3.88 Å². The van der Waals surface area contributed by atoms with Crippen molar-refractivity contribution in [2.75, 3.05) is 0 Å². The number of allylic oxidation sites excluding steroid dienone is 2. The Kier molecular flexibility index (Phi) is 2.66. The van der Waals surface area contributed by atoms with Crippen molar-refractivity contribution in [1.82, 2.24) is 0 Å². The Balaban J connectivity index is 1.99. The van der Waals surface area contributed by atoms with Crippen LogP contribution < -0.4 is 4.57 Å². The quantitative estimate of drug-likeness (QED) is 0.407. The number of aromatic nitrogens is 1. The molecule has 3 aromatic rings. The van der Waals surface area contributed by atoms with Gasteiger partial charge in [-0.15, -0.1) is 0 Å². The minimum absolute atomic E-state index is 1.06. The molecule has 0 aliphatic heterocycles. The Hall–Kier alpha value is -2.41. The van der Waals surface area contributed by atoms with Crippen LogP contribution in [0.1, 0.15) is 41.8 Å². The molecule has 0 amide bonds. The van der Waals surface area contributed by atoms with Crippen molar-refractivity contribution >= 4 is 16.3 Å². The molecule has 0 fully saturated rings. The van der Waals surface area contributed by atoms with Crippen molar-refractivity contribution in [2.45, 2.75) is 33.6 Å². The zero-order valence-electron chi connectivity index (χ0n) is 14.8. The molecule has 1 nitrogen and oxygen atoms in total. The molecule has 0 radical (unpaired) electrons. The van der Waals surface area contributed by atoms with E-state index in [0.29, 0.717) is 0 Å². The molecule has 1 heterocycles. The second-order valence-corrected chi connectivity index (χ2v) is 7.46. The van der Waals surface area contributed by atoms with Gasteiger partial charge in [0.05, 0.1) is 5.56 Å². The van der Waals surface area contributed by atoms with Gasteiger partial charge in [-0.1, -0.05) is 29.8 Å². The third kappa shape index (κ3) is 1.62. The summed E-state index contributed by atoms with van der Waals surface area (Å²) in [6.07, 6.45) is 2.16. The highest BCUT2D eigenvalue weighted by atomic mass is 14.9. The highest BCUT2D eigenvalue weighted by molar-refractivity contribution is 6.07. The van der Waals surface area contributed by atoms with Gasteiger partial charge in [0.25, 0.3) is 0 Å². The summed E-state index contributed by atoms with van der Waals surface area (Å²) in [5.41, 5.74) is 13.1. The average Bonchev–Trinajstić information content (AvgIpc) is 3.09. The molecule has 0 bridgehead atoms. The van der Waals surface area contributed by atoms with Crippen LogP contribution in [-0.2, 0) is 19.9 Å². The summed E-state index contributed by atoms with van der Waals surface area (Å²) in [5, 5.41) is 2.84. The summed E-state index contributed by atoms with van der Waals surface area (Å²) in [4.78, 5) is 0. The highest BCUT2D eigenvalue weighted by Gasteiger charge is 2.31. The van der Waals surface area contributed by atoms with E-state index in [0.717, 1.165) is 12.8 Å². The van der Waals surface area contributed by atoms with Gasteiger partial charge in [0.2, 0.25) is 5.69 Å². The van der Waals surface area contributed by atoms with Gasteiger partial charge in [-0.05, 0) is 54.0 Å². The first-order valence-electron chi connectivity index (χ1n) is 8.79. The van der Waals surface area contributed by atoms with E-state index in [1.54, 1.807) is 0 Å². The Morgan fingerprint density at radius 1 is 0.750 bits per heavy atom. The van der Waals surface area contributed by atoms with Crippen molar-refractivity contribution in [3.8, 4) is 11.3 Å². The molecule has 2 aromatic carbocycles. The van der Waals surface area contributed by atoms with Crippen molar-refractivity contribution in [3.63, 3.8) is 0 Å². The van der Waals surface area contributed by atoms with Crippen molar-refractivity contribution in [3.05, 3.63) is 69.9 Å². The molecule has 2 aliphatic carbocycles. The van der Waals surface area contributed by atoms with E-state index >= 15 is 0 Å². The monoisotopic (exact) mass is 312 g/mol. The summed E-state index contributed by atoms with van der Waals surface area (Å²) >= 11 is 0. The lowest BCUT2D eigenvalue weighted by atomic mass is 9.91. The zero-order chi connectivity index (χ0) is 16.6. The number of pyridine rings is 1. The van der Waals surface area contributed by atoms with Gasteiger partial charge in [-0.25, -0.2) is 0 Å². The lowest BCUT2D eigenvalue weighted by Crippen LogP contribution is -2.34. The lowest BCUT2D eigenvalue weighted by Gasteiger charge is -2.12. The van der Waals surface area contributed by atoms with Crippen LogP contribution in [0.2, 0.25) is 0 Å². The molecule has 0 spiro atoms. The molecular weight excluding hydrogens is 290 g/mol. The van der Waals surface area contributed by atoms with Crippen LogP contribution in [-0.4, -0.2) is 0 Å². The van der Waals surface area contributed by atoms with Crippen LogP contribution in [0.15, 0.2) is 42.0 Å². The smallest absolute Gasteiger partial charge is 0.198 e. The van der Waals surface area contributed by atoms with Gasteiger partial charge in [-0.2, -0.15) is 4.57 Å². The molecule has 118 valence electrons. The van der Waals surface area contributed by atoms with E-state index in [9.17, 15) is 0 Å². The number of benzene rings is 2. The van der Waals surface area contributed by atoms with E-state index in [4.69, 9.17) is 0 Å². The average molecular weight is 312 g/mol. The molecule has 24 heavy (non-hydrogen) atoms. The zero-order valence-corrected chi connectivity index (χ0v) is 14.8. The molecule has 0 unspecified atom stereocenters. The van der Waals surface area contributed by atoms with Gasteiger partial charge in [0.1, 0.15) is 7.05 Å². The maximum atomic E-state index is 2.38. The van der Waals surface area contributed by atoms with Crippen molar-refractivity contribution in [2.24, 2.45) is 7.05 Å². The molecule has 5 rings (SSSR count). The predicted octanol–water partition coefficient (Wildman–Crippen LogP) is 4.89. The van der Waals surface area contributed by atoms with E-state index in [2.05, 4.69) is 68.8 Å². The van der Waals surface area contributed by atoms with Crippen LogP contribution in [0.4, 0.5) is 0 Å². The fourth-order valence-corrected chi connectivity index (χ4v) is 4.61. The second kappa shape index (κ2) is 4.57. The summed E-state index contributed by atoms with van der Waals surface area (Å²) in [6.45, 7) is 6.78. The minimum Gasteiger partial charge on any atom is -0.198 e. The number of rotatable bonds is 0. The summed E-state index contributed by atoms with van der Waals surface area (Å²) < 4.78 is 2.38. The molecule has 0 N–H and O–H groups in total. The lowest BCUT2D eigenvalue weighted by molar-refractivity contribution is -0.666. The fraction of sp³-hybridized carbons (Fsp3) is 0.261. The third-order valence-electron chi connectivity index (χ3n) is 6.14. The predicted molar refractivity (Wildman–Crippen MR) is 100 cm³/mol. The third-order valence-corrected chi connectivity index (χ3v) is 6.14. The summed E-state index contributed by atoms with van der Waals surface area (Å²) in [6, 6.07) is 13.8. The van der Waals surface area contributed by atoms with Crippen LogP contribution in [0.25, 0.3) is 27.6 Å². The maximum absolute atomic E-state index is 2.38. The maximum Gasteiger partial charge on any atom is 0.216 e. The molecule has 2 aliphatic rings. The summed E-state index contributed by atoms with van der Waals surface area (Å²) in [5.74, 6) is 0. The van der Waals surface area contributed by atoms with E-state index in [1.807, 2.05) is 0 Å². The van der Waals surface area contributed by atoms with Crippen LogP contribution in [0, 0.1) is 6.92 Å². The van der Waals surface area contributed by atoms with E-state index < -0.39 is 0 Å². The van der Waals surface area contributed by atoms with E-state index in [-0.39, 0.29) is 0 Å². The van der Waals surface area contributed by atoms with E-state index in [1.165, 1.54) is 61.1 Å². The van der Waals surface area contributed by atoms with Gasteiger partial charge in [-0.3, -0.25) is 0 Å². The first-order valence-corrected chi connectivity index (χ1v) is 8.79. The summed E-state index contributed by atoms with van der Waals surface area (Å²) in [7, 11) is 2.21. The Bertz CT molecular complexity index is 1080. The van der Waals surface area contributed by atoms with Gasteiger partial charge in [0, 0.05) is 30.4 Å².